The Morgan fingerprint density at radius 2 is 2.19 bits per heavy atom. The van der Waals surface area contributed by atoms with Crippen molar-refractivity contribution in [2.24, 2.45) is 10.1 Å². The Kier molecular flexibility index (Phi) is 4.94. The number of benzene rings is 1. The predicted molar refractivity (Wildman–Crippen MR) is 103 cm³/mol. The quantitative estimate of drug-likeness (QED) is 0.713. The molecule has 0 bridgehead atoms. The third-order valence-corrected chi connectivity index (χ3v) is 5.21. The molecular weight excluding hydrogens is 370 g/mol. The van der Waals surface area contributed by atoms with E-state index < -0.39 is 10.2 Å². The van der Waals surface area contributed by atoms with E-state index in [2.05, 4.69) is 14.4 Å². The van der Waals surface area contributed by atoms with Gasteiger partial charge in [-0.2, -0.15) is 8.42 Å². The first-order valence-corrected chi connectivity index (χ1v) is 10.2. The van der Waals surface area contributed by atoms with Crippen molar-refractivity contribution in [1.29, 1.82) is 0 Å². The summed E-state index contributed by atoms with van der Waals surface area (Å²) in [6.07, 6.45) is 1.74. The second-order valence-corrected chi connectivity index (χ2v) is 9.05. The lowest BCUT2D eigenvalue weighted by atomic mass is 10.1. The van der Waals surface area contributed by atoms with Crippen LogP contribution in [0.4, 0.5) is 10.5 Å². The van der Waals surface area contributed by atoms with Crippen molar-refractivity contribution in [3.63, 3.8) is 0 Å². The summed E-state index contributed by atoms with van der Waals surface area (Å²) in [5, 5.41) is 2.97. The fourth-order valence-electron chi connectivity index (χ4n) is 3.19. The fraction of sp³-hybridized carbons (Fsp3) is 0.529. The number of urea groups is 1. The number of carbonyl (C=O) groups excluding carboxylic acids is 1. The highest BCUT2D eigenvalue weighted by Crippen LogP contribution is 2.31. The first kappa shape index (κ1) is 19.3. The Bertz CT molecular complexity index is 876. The highest BCUT2D eigenvalue weighted by Gasteiger charge is 2.32. The molecule has 27 heavy (non-hydrogen) atoms. The van der Waals surface area contributed by atoms with Crippen LogP contribution in [0.25, 0.3) is 0 Å². The number of ether oxygens (including phenoxy) is 1. The van der Waals surface area contributed by atoms with E-state index in [9.17, 15) is 13.2 Å². The molecule has 0 aromatic heterocycles. The first-order valence-electron chi connectivity index (χ1n) is 8.79. The lowest BCUT2D eigenvalue weighted by molar-refractivity contribution is 0.159. The minimum Gasteiger partial charge on any atom is -0.491 e. The van der Waals surface area contributed by atoms with Gasteiger partial charge in [0.15, 0.2) is 5.84 Å². The average molecular weight is 395 g/mol. The summed E-state index contributed by atoms with van der Waals surface area (Å²) in [6.45, 7) is 6.77. The molecule has 1 fully saturated rings. The van der Waals surface area contributed by atoms with Gasteiger partial charge in [-0.25, -0.2) is 4.79 Å². The van der Waals surface area contributed by atoms with Crippen molar-refractivity contribution < 1.29 is 17.9 Å². The molecule has 0 unspecified atom stereocenters. The number of rotatable bonds is 3. The largest absolute Gasteiger partial charge is 0.491 e. The van der Waals surface area contributed by atoms with Gasteiger partial charge in [-0.05, 0) is 45.7 Å². The summed E-state index contributed by atoms with van der Waals surface area (Å²) in [5.74, 6) is 0.312. The maximum atomic E-state index is 12.5. The normalized spacial score (nSPS) is 21.1. The molecule has 2 aliphatic heterocycles. The van der Waals surface area contributed by atoms with Crippen molar-refractivity contribution in [2.45, 2.75) is 45.2 Å². The third kappa shape index (κ3) is 4.44. The van der Waals surface area contributed by atoms with Crippen LogP contribution >= 0.6 is 0 Å². The molecule has 1 saturated heterocycles. The van der Waals surface area contributed by atoms with E-state index in [1.165, 1.54) is 0 Å². The molecular formula is C17H25N5O4S. The summed E-state index contributed by atoms with van der Waals surface area (Å²) in [4.78, 5) is 14.3. The molecule has 2 amide bonds. The number of carbonyl (C=O) groups is 1. The maximum Gasteiger partial charge on any atom is 0.344 e. The number of hydrogen-bond acceptors (Lipinski definition) is 5. The Labute approximate surface area is 159 Å². The predicted octanol–water partition coefficient (Wildman–Crippen LogP) is 1.41. The molecule has 2 aliphatic rings. The Morgan fingerprint density at radius 1 is 1.44 bits per heavy atom. The van der Waals surface area contributed by atoms with Gasteiger partial charge < -0.3 is 20.7 Å². The van der Waals surface area contributed by atoms with Crippen LogP contribution in [-0.2, 0) is 10.2 Å². The number of hydrogen-bond donors (Lipinski definition) is 3. The minimum atomic E-state index is -3.83. The van der Waals surface area contributed by atoms with E-state index in [1.807, 2.05) is 20.8 Å². The van der Waals surface area contributed by atoms with Crippen molar-refractivity contribution in [3.8, 4) is 5.75 Å². The van der Waals surface area contributed by atoms with Crippen molar-refractivity contribution >= 4 is 27.8 Å². The molecule has 3 rings (SSSR count). The van der Waals surface area contributed by atoms with Crippen LogP contribution in [0.1, 0.15) is 39.2 Å². The first-order chi connectivity index (χ1) is 12.6. The van der Waals surface area contributed by atoms with E-state index in [0.29, 0.717) is 23.5 Å². The van der Waals surface area contributed by atoms with Gasteiger partial charge in [-0.15, -0.1) is 4.40 Å². The fourth-order valence-corrected chi connectivity index (χ4v) is 4.04. The molecule has 9 nitrogen and oxygen atoms in total. The smallest absolute Gasteiger partial charge is 0.344 e. The van der Waals surface area contributed by atoms with Gasteiger partial charge in [0, 0.05) is 12.1 Å². The number of nitrogens with zero attached hydrogens (tertiary/aromatic N) is 2. The SMILES string of the molecule is CC(C)(C)NC(=O)N1CCC[C@@H]1COc1cccc2c1C(N)=NS(=O)(=O)N2. The summed E-state index contributed by atoms with van der Waals surface area (Å²) < 4.78 is 35.1. The summed E-state index contributed by atoms with van der Waals surface area (Å²) in [5.41, 5.74) is 6.25. The van der Waals surface area contributed by atoms with Crippen LogP contribution in [0.15, 0.2) is 22.6 Å². The van der Waals surface area contributed by atoms with Crippen LogP contribution in [0.3, 0.4) is 0 Å². The molecule has 0 aliphatic carbocycles. The van der Waals surface area contributed by atoms with Gasteiger partial charge in [0.1, 0.15) is 12.4 Å². The number of likely N-dealkylation sites (tertiary alicyclic amines) is 1. The number of anilines is 1. The van der Waals surface area contributed by atoms with Gasteiger partial charge in [0.25, 0.3) is 0 Å². The van der Waals surface area contributed by atoms with Crippen LogP contribution in [0.2, 0.25) is 0 Å². The number of nitrogens with two attached hydrogens (primary N) is 1. The van der Waals surface area contributed by atoms with E-state index in [-0.39, 0.29) is 30.1 Å². The van der Waals surface area contributed by atoms with Crippen molar-refractivity contribution in [1.82, 2.24) is 10.2 Å². The number of fused-ring (bicyclic) bond motifs is 1. The number of amidine groups is 1. The zero-order chi connectivity index (χ0) is 19.8. The molecule has 0 saturated carbocycles. The van der Waals surface area contributed by atoms with Crippen LogP contribution in [0.5, 0.6) is 5.75 Å². The number of nitrogens with one attached hydrogen (secondary N) is 2. The van der Waals surface area contributed by atoms with Gasteiger partial charge in [0.2, 0.25) is 0 Å². The standard InChI is InChI=1S/C17H25N5O4S/c1-17(2,3)19-16(23)22-9-5-6-11(22)10-26-13-8-4-7-12-14(13)15(18)21-27(24,25)20-12/h4,7-8,11,20H,5-6,9-10H2,1-3H3,(H2,18,21)(H,19,23)/t11-/m1/s1. The van der Waals surface area contributed by atoms with Gasteiger partial charge >= 0.3 is 16.2 Å². The molecule has 0 spiro atoms. The molecule has 1 aromatic rings. The second-order valence-electron chi connectivity index (χ2n) is 7.71. The molecule has 0 radical (unpaired) electrons. The minimum absolute atomic E-state index is 0.0679. The van der Waals surface area contributed by atoms with E-state index in [1.54, 1.807) is 23.1 Å². The summed E-state index contributed by atoms with van der Waals surface area (Å²) in [7, 11) is -3.83. The van der Waals surface area contributed by atoms with Crippen LogP contribution in [0, 0.1) is 0 Å². The molecule has 10 heteroatoms. The topological polar surface area (TPSA) is 126 Å². The van der Waals surface area contributed by atoms with Crippen LogP contribution in [-0.4, -0.2) is 49.9 Å². The van der Waals surface area contributed by atoms with Crippen molar-refractivity contribution in [2.75, 3.05) is 17.9 Å². The third-order valence-electron chi connectivity index (χ3n) is 4.29. The second kappa shape index (κ2) is 6.91. The zero-order valence-electron chi connectivity index (χ0n) is 15.7. The van der Waals surface area contributed by atoms with Crippen LogP contribution < -0.4 is 20.5 Å². The summed E-state index contributed by atoms with van der Waals surface area (Å²) >= 11 is 0. The van der Waals surface area contributed by atoms with E-state index >= 15 is 0 Å². The lowest BCUT2D eigenvalue weighted by Gasteiger charge is -2.30. The Hall–Kier alpha value is -2.49. The highest BCUT2D eigenvalue weighted by atomic mass is 32.2. The highest BCUT2D eigenvalue weighted by molar-refractivity contribution is 7.91. The monoisotopic (exact) mass is 395 g/mol. The van der Waals surface area contributed by atoms with Crippen molar-refractivity contribution in [3.05, 3.63) is 23.8 Å². The average Bonchev–Trinajstić information content (AvgIpc) is 2.98. The van der Waals surface area contributed by atoms with Gasteiger partial charge in [0.05, 0.1) is 17.3 Å². The maximum absolute atomic E-state index is 12.5. The lowest BCUT2D eigenvalue weighted by Crippen LogP contribution is -2.51. The van der Waals surface area contributed by atoms with Gasteiger partial charge in [-0.1, -0.05) is 6.07 Å². The molecule has 4 N–H and O–H groups in total. The Morgan fingerprint density at radius 3 is 2.89 bits per heavy atom. The molecule has 1 aromatic carbocycles. The molecule has 1 atom stereocenters. The molecule has 148 valence electrons. The molecule has 2 heterocycles. The number of amides is 2. The van der Waals surface area contributed by atoms with E-state index in [0.717, 1.165) is 12.8 Å². The van der Waals surface area contributed by atoms with Gasteiger partial charge in [-0.3, -0.25) is 4.72 Å². The zero-order valence-corrected chi connectivity index (χ0v) is 16.5. The summed E-state index contributed by atoms with van der Waals surface area (Å²) in [6, 6.07) is 4.79. The van der Waals surface area contributed by atoms with E-state index in [4.69, 9.17) is 10.5 Å². The Balaban J connectivity index is 1.73.